The van der Waals surface area contributed by atoms with Gasteiger partial charge < -0.3 is 11.5 Å². The van der Waals surface area contributed by atoms with Crippen LogP contribution in [0.15, 0.2) is 0 Å². The van der Waals surface area contributed by atoms with E-state index in [9.17, 15) is 8.42 Å². The molecule has 0 aliphatic heterocycles. The van der Waals surface area contributed by atoms with E-state index in [1.165, 1.54) is 6.42 Å². The molecule has 4 nitrogen and oxygen atoms in total. The molecule has 0 rings (SSSR count). The Labute approximate surface area is 82.7 Å². The first-order chi connectivity index (χ1) is 4.06. The van der Waals surface area contributed by atoms with Gasteiger partial charge in [0, 0.05) is 5.75 Å². The minimum atomic E-state index is -3.84. The van der Waals surface area contributed by atoms with Crippen molar-refractivity contribution < 1.29 is 47.6 Å². The molecule has 0 bridgehead atoms. The number of hydrogen-bond acceptors (Lipinski definition) is 3. The molecular formula is C4H9NaO4S. The van der Waals surface area contributed by atoms with E-state index in [1.807, 2.05) is 0 Å². The normalized spacial score (nSPS) is 10.6. The fourth-order valence-electron chi connectivity index (χ4n) is 0.324. The van der Waals surface area contributed by atoms with Gasteiger partial charge >= 0.3 is 29.6 Å². The van der Waals surface area contributed by atoms with Gasteiger partial charge in [0.15, 0.2) is 0 Å². The fraction of sp³-hybridized carbons (Fsp3) is 0.750. The second-order valence-electron chi connectivity index (χ2n) is 1.55. The van der Waals surface area contributed by atoms with E-state index in [0.29, 0.717) is 0 Å². The molecule has 0 radical (unpaired) electrons. The molecule has 0 amide bonds. The second kappa shape index (κ2) is 6.57. The summed E-state index contributed by atoms with van der Waals surface area (Å²) in [6, 6.07) is 0. The number of hydrogen-bond donors (Lipinski definition) is 2. The molecule has 0 saturated heterocycles. The summed E-state index contributed by atoms with van der Waals surface area (Å²) in [4.78, 5) is 0. The number of aliphatic hydroxyl groups is 1. The molecule has 10 heavy (non-hydrogen) atoms. The van der Waals surface area contributed by atoms with Crippen molar-refractivity contribution in [2.45, 2.75) is 6.42 Å². The van der Waals surface area contributed by atoms with Crippen LogP contribution in [0.2, 0.25) is 0 Å². The maximum atomic E-state index is 9.96. The van der Waals surface area contributed by atoms with Crippen molar-refractivity contribution in [1.82, 2.24) is 0 Å². The van der Waals surface area contributed by atoms with Gasteiger partial charge in [-0.1, -0.05) is 6.61 Å². The Morgan fingerprint density at radius 2 is 1.90 bits per heavy atom. The van der Waals surface area contributed by atoms with Crippen LogP contribution in [0.1, 0.15) is 6.42 Å². The van der Waals surface area contributed by atoms with Crippen molar-refractivity contribution in [2.75, 3.05) is 12.4 Å². The van der Waals surface area contributed by atoms with Gasteiger partial charge in [0.1, 0.15) is 0 Å². The molecule has 0 saturated carbocycles. The quantitative estimate of drug-likeness (QED) is 0.201. The van der Waals surface area contributed by atoms with Gasteiger partial charge in [-0.15, -0.1) is 0 Å². The van der Waals surface area contributed by atoms with Gasteiger partial charge in [-0.2, -0.15) is 14.8 Å². The minimum Gasteiger partial charge on any atom is -0.428 e. The van der Waals surface area contributed by atoms with Crippen LogP contribution < -0.4 is 29.6 Å². The third kappa shape index (κ3) is 11.6. The molecule has 0 atom stereocenters. The smallest absolute Gasteiger partial charge is 0.428 e. The number of rotatable bonds is 4. The van der Waals surface area contributed by atoms with E-state index in [2.05, 4.69) is 0 Å². The van der Waals surface area contributed by atoms with Crippen LogP contribution >= 0.6 is 0 Å². The van der Waals surface area contributed by atoms with Crippen molar-refractivity contribution in [3.05, 3.63) is 6.42 Å². The predicted octanol–water partition coefficient (Wildman–Crippen LogP) is -3.54. The largest absolute Gasteiger partial charge is 1.00 e. The Kier molecular flexibility index (Phi) is 8.85. The van der Waals surface area contributed by atoms with Crippen LogP contribution in [0.5, 0.6) is 0 Å². The number of aliphatic hydroxyl groups excluding tert-OH is 1. The molecule has 0 aliphatic rings. The van der Waals surface area contributed by atoms with E-state index >= 15 is 0 Å². The summed E-state index contributed by atoms with van der Waals surface area (Å²) in [5.74, 6) is -0.312. The molecule has 0 unspecified atom stereocenters. The minimum absolute atomic E-state index is 0. The third-order valence-corrected chi connectivity index (χ3v) is 1.46. The molecule has 0 fully saturated rings. The Morgan fingerprint density at radius 3 is 2.20 bits per heavy atom. The van der Waals surface area contributed by atoms with Crippen LogP contribution in [0.3, 0.4) is 0 Å². The fourth-order valence-corrected chi connectivity index (χ4v) is 0.788. The van der Waals surface area contributed by atoms with Gasteiger partial charge in [0.25, 0.3) is 10.1 Å². The predicted molar refractivity (Wildman–Crippen MR) is 32.4 cm³/mol. The summed E-state index contributed by atoms with van der Waals surface area (Å²) in [6.45, 7) is -0.157. The van der Waals surface area contributed by atoms with Crippen molar-refractivity contribution in [3.63, 3.8) is 0 Å². The van der Waals surface area contributed by atoms with Crippen LogP contribution in [-0.4, -0.2) is 30.4 Å². The summed E-state index contributed by atoms with van der Waals surface area (Å²) < 4.78 is 28.0. The van der Waals surface area contributed by atoms with Crippen LogP contribution in [0.25, 0.3) is 0 Å². The van der Waals surface area contributed by atoms with Gasteiger partial charge in [-0.25, -0.2) is 0 Å². The Hall–Kier alpha value is 0.870. The van der Waals surface area contributed by atoms with Crippen LogP contribution in [0, 0.1) is 6.42 Å². The van der Waals surface area contributed by atoms with Crippen molar-refractivity contribution >= 4 is 10.1 Å². The summed E-state index contributed by atoms with van der Waals surface area (Å²) in [5, 5.41) is 8.13. The monoisotopic (exact) mass is 176 g/mol. The molecule has 0 aliphatic carbocycles. The molecule has 0 aromatic heterocycles. The van der Waals surface area contributed by atoms with Crippen molar-refractivity contribution in [2.24, 2.45) is 0 Å². The first-order valence-corrected chi connectivity index (χ1v) is 4.05. The maximum Gasteiger partial charge on any atom is 1.00 e. The molecule has 0 spiro atoms. The van der Waals surface area contributed by atoms with Gasteiger partial charge in [-0.05, 0) is 0 Å². The summed E-state index contributed by atoms with van der Waals surface area (Å²) in [5.41, 5.74) is 0. The third-order valence-electron chi connectivity index (χ3n) is 0.709. The zero-order valence-electron chi connectivity index (χ0n) is 5.82. The van der Waals surface area contributed by atoms with Gasteiger partial charge in [0.05, 0.1) is 0 Å². The van der Waals surface area contributed by atoms with Crippen LogP contribution in [-0.2, 0) is 10.1 Å². The topological polar surface area (TPSA) is 74.6 Å². The van der Waals surface area contributed by atoms with Crippen LogP contribution in [0.4, 0.5) is 0 Å². The molecule has 2 N–H and O–H groups in total. The Morgan fingerprint density at radius 1 is 1.40 bits per heavy atom. The average Bonchev–Trinajstić information content (AvgIpc) is 1.63. The zero-order valence-corrected chi connectivity index (χ0v) is 8.63. The summed E-state index contributed by atoms with van der Waals surface area (Å²) in [6.07, 6.45) is 1.56. The average molecular weight is 176 g/mol. The summed E-state index contributed by atoms with van der Waals surface area (Å²) >= 11 is 0. The Balaban J connectivity index is 0. The van der Waals surface area contributed by atoms with E-state index in [1.54, 1.807) is 0 Å². The molecule has 6 heteroatoms. The van der Waals surface area contributed by atoms with Crippen molar-refractivity contribution in [1.29, 1.82) is 0 Å². The summed E-state index contributed by atoms with van der Waals surface area (Å²) in [7, 11) is -3.84. The molecular weight excluding hydrogens is 167 g/mol. The zero-order chi connectivity index (χ0) is 7.33. The second-order valence-corrected chi connectivity index (χ2v) is 3.12. The van der Waals surface area contributed by atoms with Gasteiger partial charge in [0.2, 0.25) is 0 Å². The molecule has 0 aromatic carbocycles. The maximum absolute atomic E-state index is 9.96. The Bertz CT molecular complexity index is 153. The van der Waals surface area contributed by atoms with E-state index < -0.39 is 10.1 Å². The SMILES string of the molecule is O=S(=O)(O)CC[CH-]CO.[Na+]. The molecule has 56 valence electrons. The first-order valence-electron chi connectivity index (χ1n) is 2.44. The molecule has 0 heterocycles. The standard InChI is InChI=1S/C4H9O4S.Na/c5-3-1-2-4-9(6,7)8;/h1,5H,2-4H2,(H,6,7,8);/q-1;+1. The van der Waals surface area contributed by atoms with Gasteiger partial charge in [-0.3, -0.25) is 4.55 Å². The van der Waals surface area contributed by atoms with E-state index in [0.717, 1.165) is 0 Å². The molecule has 0 aromatic rings. The van der Waals surface area contributed by atoms with Crippen molar-refractivity contribution in [3.8, 4) is 0 Å². The first kappa shape index (κ1) is 13.5. The van der Waals surface area contributed by atoms with E-state index in [4.69, 9.17) is 9.66 Å². The number of unbranched alkanes of at least 4 members (excludes halogenated alkanes) is 1. The van der Waals surface area contributed by atoms with E-state index in [-0.39, 0.29) is 48.3 Å².